The minimum absolute atomic E-state index is 0.0459. The molecule has 2 saturated carbocycles. The zero-order valence-corrected chi connectivity index (χ0v) is 17.4. The van der Waals surface area contributed by atoms with Crippen LogP contribution in [0.2, 0.25) is 0 Å². The van der Waals surface area contributed by atoms with Crippen LogP contribution in [0.25, 0.3) is 0 Å². The van der Waals surface area contributed by atoms with E-state index in [1.54, 1.807) is 17.9 Å². The lowest BCUT2D eigenvalue weighted by atomic mass is 9.81. The Labute approximate surface area is 170 Å². The molecule has 2 aliphatic carbocycles. The van der Waals surface area contributed by atoms with E-state index in [2.05, 4.69) is 18.8 Å². The summed E-state index contributed by atoms with van der Waals surface area (Å²) in [6.07, 6.45) is 6.14. The van der Waals surface area contributed by atoms with Crippen molar-refractivity contribution in [2.45, 2.75) is 77.4 Å². The fourth-order valence-corrected chi connectivity index (χ4v) is 5.31. The van der Waals surface area contributed by atoms with Gasteiger partial charge in [0.1, 0.15) is 4.88 Å². The second-order valence-electron chi connectivity index (χ2n) is 8.13. The molecule has 1 aromatic rings. The zero-order valence-electron chi connectivity index (χ0n) is 16.6. The standard InChI is InChI=1S/C22H29NO4S/c1-3-4-18-13-19(20(28-18)22(26)27)23(16-9-11-17(24)12-10-16)21(25)15-7-5-14(2)6-8-15/h13-17,24H,5-12H2,1-2H3,(H,26,27)/t14-,15-,16-,17-. The molecule has 0 aliphatic heterocycles. The van der Waals surface area contributed by atoms with Gasteiger partial charge >= 0.3 is 5.97 Å². The van der Waals surface area contributed by atoms with Crippen molar-refractivity contribution in [3.8, 4) is 11.8 Å². The Kier molecular flexibility index (Phi) is 6.79. The number of thiophene rings is 1. The predicted molar refractivity (Wildman–Crippen MR) is 111 cm³/mol. The molecule has 1 heterocycles. The van der Waals surface area contributed by atoms with Gasteiger partial charge in [-0.15, -0.1) is 17.3 Å². The third-order valence-corrected chi connectivity index (χ3v) is 7.08. The predicted octanol–water partition coefficient (Wildman–Crippen LogP) is 4.28. The molecule has 2 aliphatic rings. The molecule has 0 aromatic carbocycles. The molecule has 0 atom stereocenters. The number of nitrogens with zero attached hydrogens (tertiary/aromatic N) is 1. The van der Waals surface area contributed by atoms with Gasteiger partial charge < -0.3 is 15.1 Å². The fraction of sp³-hybridized carbons (Fsp3) is 0.636. The summed E-state index contributed by atoms with van der Waals surface area (Å²) in [5, 5.41) is 19.6. The van der Waals surface area contributed by atoms with Crippen molar-refractivity contribution in [3.05, 3.63) is 15.8 Å². The molecule has 2 fully saturated rings. The SMILES string of the molecule is CC#Cc1cc(N(C(=O)[C@H]2CC[C@H](C)CC2)[C@H]2CC[C@H](O)CC2)c(C(=O)O)s1. The van der Waals surface area contributed by atoms with E-state index in [0.29, 0.717) is 42.2 Å². The van der Waals surface area contributed by atoms with Gasteiger partial charge in [-0.1, -0.05) is 12.8 Å². The van der Waals surface area contributed by atoms with Gasteiger partial charge in [0.2, 0.25) is 5.91 Å². The van der Waals surface area contributed by atoms with Crippen LogP contribution in [-0.4, -0.2) is 34.2 Å². The second-order valence-corrected chi connectivity index (χ2v) is 9.18. The molecule has 6 heteroatoms. The van der Waals surface area contributed by atoms with E-state index >= 15 is 0 Å². The van der Waals surface area contributed by atoms with E-state index < -0.39 is 5.97 Å². The average molecular weight is 404 g/mol. The Hall–Kier alpha value is -1.84. The van der Waals surface area contributed by atoms with Gasteiger partial charge in [0.25, 0.3) is 0 Å². The first kappa shape index (κ1) is 20.9. The Morgan fingerprint density at radius 2 is 1.75 bits per heavy atom. The van der Waals surface area contributed by atoms with Crippen molar-refractivity contribution in [3.63, 3.8) is 0 Å². The van der Waals surface area contributed by atoms with Crippen molar-refractivity contribution < 1.29 is 19.8 Å². The molecule has 0 bridgehead atoms. The highest BCUT2D eigenvalue weighted by Crippen LogP contribution is 2.38. The van der Waals surface area contributed by atoms with E-state index in [9.17, 15) is 19.8 Å². The lowest BCUT2D eigenvalue weighted by Crippen LogP contribution is -2.47. The van der Waals surface area contributed by atoms with Crippen LogP contribution in [0.4, 0.5) is 5.69 Å². The number of carboxylic acid groups (broad SMARTS) is 1. The Morgan fingerprint density at radius 3 is 2.32 bits per heavy atom. The Bertz CT molecular complexity index is 774. The molecule has 2 N–H and O–H groups in total. The fourth-order valence-electron chi connectivity index (χ4n) is 4.41. The Balaban J connectivity index is 1.97. The largest absolute Gasteiger partial charge is 0.477 e. The maximum absolute atomic E-state index is 13.6. The quantitative estimate of drug-likeness (QED) is 0.736. The van der Waals surface area contributed by atoms with Gasteiger partial charge in [-0.05, 0) is 70.3 Å². The monoisotopic (exact) mass is 403 g/mol. The van der Waals surface area contributed by atoms with Gasteiger partial charge in [-0.25, -0.2) is 4.79 Å². The molecule has 152 valence electrons. The first-order valence-electron chi connectivity index (χ1n) is 10.2. The summed E-state index contributed by atoms with van der Waals surface area (Å²) in [5.74, 6) is 5.38. The molecule has 28 heavy (non-hydrogen) atoms. The third kappa shape index (κ3) is 4.59. The zero-order chi connectivity index (χ0) is 20.3. The highest BCUT2D eigenvalue weighted by molar-refractivity contribution is 7.15. The lowest BCUT2D eigenvalue weighted by molar-refractivity contribution is -0.124. The number of anilines is 1. The molecule has 0 spiro atoms. The van der Waals surface area contributed by atoms with Crippen LogP contribution in [-0.2, 0) is 4.79 Å². The number of aromatic carboxylic acids is 1. The lowest BCUT2D eigenvalue weighted by Gasteiger charge is -2.38. The summed E-state index contributed by atoms with van der Waals surface area (Å²) in [5.41, 5.74) is 0.486. The summed E-state index contributed by atoms with van der Waals surface area (Å²) >= 11 is 1.13. The minimum Gasteiger partial charge on any atom is -0.477 e. The summed E-state index contributed by atoms with van der Waals surface area (Å²) in [4.78, 5) is 28.1. The molecular formula is C22H29NO4S. The number of aliphatic hydroxyl groups is 1. The van der Waals surface area contributed by atoms with Gasteiger partial charge in [0.05, 0.1) is 16.7 Å². The number of hydrogen-bond acceptors (Lipinski definition) is 4. The van der Waals surface area contributed by atoms with E-state index in [4.69, 9.17) is 0 Å². The summed E-state index contributed by atoms with van der Waals surface area (Å²) in [6, 6.07) is 1.70. The third-order valence-electron chi connectivity index (χ3n) is 6.05. The van der Waals surface area contributed by atoms with Crippen LogP contribution in [0.1, 0.15) is 79.8 Å². The first-order valence-corrected chi connectivity index (χ1v) is 11.0. The summed E-state index contributed by atoms with van der Waals surface area (Å²) in [7, 11) is 0. The summed E-state index contributed by atoms with van der Waals surface area (Å²) in [6.45, 7) is 3.94. The van der Waals surface area contributed by atoms with Crippen LogP contribution in [0.3, 0.4) is 0 Å². The normalized spacial score (nSPS) is 27.5. The number of amides is 1. The van der Waals surface area contributed by atoms with Gasteiger partial charge in [-0.3, -0.25) is 4.79 Å². The topological polar surface area (TPSA) is 77.8 Å². The number of carbonyl (C=O) groups excluding carboxylic acids is 1. The van der Waals surface area contributed by atoms with E-state index in [1.807, 2.05) is 0 Å². The Morgan fingerprint density at radius 1 is 1.11 bits per heavy atom. The van der Waals surface area contributed by atoms with Crippen molar-refractivity contribution in [2.75, 3.05) is 4.90 Å². The van der Waals surface area contributed by atoms with Crippen molar-refractivity contribution in [1.82, 2.24) is 0 Å². The van der Waals surface area contributed by atoms with Gasteiger partial charge in [0.15, 0.2) is 0 Å². The average Bonchev–Trinajstić information content (AvgIpc) is 3.08. The maximum atomic E-state index is 13.6. The van der Waals surface area contributed by atoms with Crippen molar-refractivity contribution >= 4 is 28.9 Å². The molecule has 1 amide bonds. The molecule has 0 unspecified atom stereocenters. The molecule has 5 nitrogen and oxygen atoms in total. The molecule has 0 saturated heterocycles. The molecule has 0 radical (unpaired) electrons. The maximum Gasteiger partial charge on any atom is 0.348 e. The number of carbonyl (C=O) groups is 2. The van der Waals surface area contributed by atoms with E-state index in [0.717, 1.165) is 37.0 Å². The second kappa shape index (κ2) is 9.11. The molecular weight excluding hydrogens is 374 g/mol. The number of carboxylic acids is 1. The van der Waals surface area contributed by atoms with Crippen LogP contribution < -0.4 is 4.90 Å². The van der Waals surface area contributed by atoms with Crippen LogP contribution in [0, 0.1) is 23.7 Å². The minimum atomic E-state index is -1.02. The van der Waals surface area contributed by atoms with Crippen LogP contribution in [0.15, 0.2) is 6.07 Å². The number of aliphatic hydroxyl groups excluding tert-OH is 1. The van der Waals surface area contributed by atoms with Crippen molar-refractivity contribution in [2.24, 2.45) is 11.8 Å². The highest BCUT2D eigenvalue weighted by Gasteiger charge is 2.37. The molecule has 3 rings (SSSR count). The smallest absolute Gasteiger partial charge is 0.348 e. The number of rotatable bonds is 4. The number of hydrogen-bond donors (Lipinski definition) is 2. The first-order chi connectivity index (χ1) is 13.4. The molecule has 1 aromatic heterocycles. The van der Waals surface area contributed by atoms with Gasteiger partial charge in [-0.2, -0.15) is 0 Å². The van der Waals surface area contributed by atoms with Crippen LogP contribution >= 0.6 is 11.3 Å². The van der Waals surface area contributed by atoms with Crippen LogP contribution in [0.5, 0.6) is 0 Å². The van der Waals surface area contributed by atoms with E-state index in [1.165, 1.54) is 0 Å². The van der Waals surface area contributed by atoms with Crippen molar-refractivity contribution in [1.29, 1.82) is 0 Å². The van der Waals surface area contributed by atoms with Gasteiger partial charge in [0, 0.05) is 12.0 Å². The van der Waals surface area contributed by atoms with E-state index in [-0.39, 0.29) is 28.8 Å². The highest BCUT2D eigenvalue weighted by atomic mass is 32.1. The summed E-state index contributed by atoms with van der Waals surface area (Å²) < 4.78 is 0.